The molecule has 0 radical (unpaired) electrons. The van der Waals surface area contributed by atoms with E-state index in [1.807, 2.05) is 38.1 Å². The van der Waals surface area contributed by atoms with Gasteiger partial charge in [0.05, 0.1) is 23.0 Å². The normalized spacial score (nSPS) is 15.8. The van der Waals surface area contributed by atoms with Gasteiger partial charge in [-0.15, -0.1) is 0 Å². The minimum atomic E-state index is -0.479. The number of allylic oxidation sites excluding steroid dienone is 1. The molecule has 2 aromatic carbocycles. The van der Waals surface area contributed by atoms with Crippen LogP contribution in [0.15, 0.2) is 66.0 Å². The monoisotopic (exact) mass is 402 g/mol. The molecule has 1 aliphatic heterocycles. The van der Waals surface area contributed by atoms with E-state index in [1.165, 1.54) is 12.1 Å². The van der Waals surface area contributed by atoms with Crippen molar-refractivity contribution in [2.45, 2.75) is 19.9 Å². The molecule has 3 heterocycles. The fourth-order valence-corrected chi connectivity index (χ4v) is 3.86. The van der Waals surface area contributed by atoms with Gasteiger partial charge in [0.25, 0.3) is 5.91 Å². The number of carbonyl (C=O) groups is 1. The van der Waals surface area contributed by atoms with Crippen molar-refractivity contribution in [2.75, 3.05) is 10.6 Å². The molecule has 1 unspecified atom stereocenters. The van der Waals surface area contributed by atoms with E-state index in [0.717, 1.165) is 33.7 Å². The second kappa shape index (κ2) is 6.84. The van der Waals surface area contributed by atoms with Crippen molar-refractivity contribution in [3.8, 4) is 0 Å². The highest BCUT2D eigenvalue weighted by molar-refractivity contribution is 6.06. The Balaban J connectivity index is 1.56. The number of rotatable bonds is 3. The van der Waals surface area contributed by atoms with Crippen molar-refractivity contribution in [3.63, 3.8) is 0 Å². The van der Waals surface area contributed by atoms with Crippen molar-refractivity contribution in [2.24, 2.45) is 0 Å². The lowest BCUT2D eigenvalue weighted by molar-refractivity contribution is -0.113. The number of aryl methyl sites for hydroxylation is 1. The number of nitrogens with one attached hydrogen (secondary N) is 3. The first kappa shape index (κ1) is 18.1. The van der Waals surface area contributed by atoms with Crippen LogP contribution in [-0.2, 0) is 4.79 Å². The van der Waals surface area contributed by atoms with Crippen LogP contribution in [0.1, 0.15) is 24.2 Å². The maximum absolute atomic E-state index is 13.5. The third kappa shape index (κ3) is 3.02. The van der Waals surface area contributed by atoms with Gasteiger partial charge in [-0.05, 0) is 49.7 Å². The Labute approximate surface area is 171 Å². The van der Waals surface area contributed by atoms with Crippen molar-refractivity contribution in [1.29, 1.82) is 0 Å². The average molecular weight is 402 g/mol. The summed E-state index contributed by atoms with van der Waals surface area (Å²) in [5.41, 5.74) is 4.39. The number of fused-ring (bicyclic) bond motifs is 2. The molecule has 2 aromatic heterocycles. The molecule has 1 aliphatic rings. The van der Waals surface area contributed by atoms with Gasteiger partial charge in [0, 0.05) is 22.8 Å². The Kier molecular flexibility index (Phi) is 4.13. The molecule has 4 aromatic rings. The highest BCUT2D eigenvalue weighted by Gasteiger charge is 2.33. The Morgan fingerprint density at radius 1 is 1.13 bits per heavy atom. The third-order valence-corrected chi connectivity index (χ3v) is 5.22. The highest BCUT2D eigenvalue weighted by atomic mass is 19.1. The van der Waals surface area contributed by atoms with Crippen LogP contribution in [0.2, 0.25) is 0 Å². The fraction of sp³-hybridized carbons (Fsp3) is 0.136. The quantitative estimate of drug-likeness (QED) is 0.481. The van der Waals surface area contributed by atoms with Gasteiger partial charge in [-0.3, -0.25) is 9.89 Å². The third-order valence-electron chi connectivity index (χ3n) is 5.22. The lowest BCUT2D eigenvalue weighted by Gasteiger charge is -2.29. The van der Waals surface area contributed by atoms with Crippen LogP contribution in [0, 0.1) is 12.7 Å². The predicted molar refractivity (Wildman–Crippen MR) is 113 cm³/mol. The molecule has 0 saturated heterocycles. The summed E-state index contributed by atoms with van der Waals surface area (Å²) in [5, 5.41) is 18.6. The van der Waals surface area contributed by atoms with Gasteiger partial charge < -0.3 is 10.6 Å². The number of hydrogen-bond acceptors (Lipinski definition) is 4. The molecule has 150 valence electrons. The standard InChI is InChI=1S/C22H19FN6O/c1-12-9-19-25-13(2)20(21(29(19)28-12)14-3-5-16(23)6-4-14)22(30)26-17-7-8-18-15(10-17)11-24-27-18/h3-11,21,25H,1-2H3,(H,24,27)(H,26,30). The molecule has 8 heteroatoms. The molecular weight excluding hydrogens is 383 g/mol. The van der Waals surface area contributed by atoms with Crippen molar-refractivity contribution in [3.05, 3.63) is 83.1 Å². The number of H-pyrrole nitrogens is 1. The molecule has 3 N–H and O–H groups in total. The van der Waals surface area contributed by atoms with Crippen LogP contribution in [-0.4, -0.2) is 25.9 Å². The first-order valence-electron chi connectivity index (χ1n) is 9.53. The van der Waals surface area contributed by atoms with E-state index in [9.17, 15) is 9.18 Å². The van der Waals surface area contributed by atoms with Gasteiger partial charge in [-0.25, -0.2) is 9.07 Å². The van der Waals surface area contributed by atoms with Gasteiger partial charge >= 0.3 is 0 Å². The zero-order valence-electron chi connectivity index (χ0n) is 16.4. The van der Waals surface area contributed by atoms with Crippen LogP contribution in [0.4, 0.5) is 15.9 Å². The highest BCUT2D eigenvalue weighted by Crippen LogP contribution is 2.36. The minimum Gasteiger partial charge on any atom is -0.344 e. The van der Waals surface area contributed by atoms with Crippen molar-refractivity contribution < 1.29 is 9.18 Å². The number of amides is 1. The summed E-state index contributed by atoms with van der Waals surface area (Å²) in [7, 11) is 0. The maximum atomic E-state index is 13.5. The summed E-state index contributed by atoms with van der Waals surface area (Å²) in [4.78, 5) is 13.4. The van der Waals surface area contributed by atoms with E-state index in [1.54, 1.807) is 23.0 Å². The van der Waals surface area contributed by atoms with Crippen molar-refractivity contribution in [1.82, 2.24) is 20.0 Å². The summed E-state index contributed by atoms with van der Waals surface area (Å²) in [6.45, 7) is 3.75. The summed E-state index contributed by atoms with van der Waals surface area (Å²) < 4.78 is 15.3. The number of halogens is 1. The molecule has 5 rings (SSSR count). The molecule has 0 fully saturated rings. The molecule has 0 bridgehead atoms. The zero-order chi connectivity index (χ0) is 20.8. The van der Waals surface area contributed by atoms with E-state index in [0.29, 0.717) is 11.3 Å². The number of nitrogens with zero attached hydrogens (tertiary/aromatic N) is 3. The Bertz CT molecular complexity index is 1300. The summed E-state index contributed by atoms with van der Waals surface area (Å²) in [6.07, 6.45) is 1.71. The molecule has 0 spiro atoms. The minimum absolute atomic E-state index is 0.254. The van der Waals surface area contributed by atoms with Crippen LogP contribution in [0.25, 0.3) is 10.9 Å². The second-order valence-electron chi connectivity index (χ2n) is 7.36. The van der Waals surface area contributed by atoms with E-state index >= 15 is 0 Å². The second-order valence-corrected chi connectivity index (χ2v) is 7.36. The lowest BCUT2D eigenvalue weighted by atomic mass is 9.94. The van der Waals surface area contributed by atoms with E-state index in [4.69, 9.17) is 0 Å². The molecule has 0 saturated carbocycles. The van der Waals surface area contributed by atoms with E-state index in [2.05, 4.69) is 25.9 Å². The lowest BCUT2D eigenvalue weighted by Crippen LogP contribution is -2.31. The predicted octanol–water partition coefficient (Wildman–Crippen LogP) is 4.13. The molecular formula is C22H19FN6O. The smallest absolute Gasteiger partial charge is 0.255 e. The molecule has 30 heavy (non-hydrogen) atoms. The van der Waals surface area contributed by atoms with Gasteiger partial charge in [0.15, 0.2) is 0 Å². The molecule has 7 nitrogen and oxygen atoms in total. The number of benzene rings is 2. The Morgan fingerprint density at radius 3 is 2.73 bits per heavy atom. The van der Waals surface area contributed by atoms with Crippen molar-refractivity contribution >= 4 is 28.3 Å². The molecule has 1 amide bonds. The topological polar surface area (TPSA) is 87.6 Å². The molecule has 1 atom stereocenters. The van der Waals surface area contributed by atoms with Gasteiger partial charge in [-0.2, -0.15) is 10.2 Å². The number of aromatic nitrogens is 4. The number of anilines is 2. The number of aromatic amines is 1. The molecule has 0 aliphatic carbocycles. The fourth-order valence-electron chi connectivity index (χ4n) is 3.86. The summed E-state index contributed by atoms with van der Waals surface area (Å²) in [5.74, 6) is 0.205. The van der Waals surface area contributed by atoms with Crippen LogP contribution in [0.3, 0.4) is 0 Å². The first-order valence-corrected chi connectivity index (χ1v) is 9.53. The van der Waals surface area contributed by atoms with Gasteiger partial charge in [-0.1, -0.05) is 12.1 Å². The van der Waals surface area contributed by atoms with Crippen LogP contribution < -0.4 is 10.6 Å². The Morgan fingerprint density at radius 2 is 1.93 bits per heavy atom. The van der Waals surface area contributed by atoms with Crippen LogP contribution in [0.5, 0.6) is 0 Å². The van der Waals surface area contributed by atoms with E-state index in [-0.39, 0.29) is 11.7 Å². The van der Waals surface area contributed by atoms with Gasteiger partial charge in [0.1, 0.15) is 17.7 Å². The maximum Gasteiger partial charge on any atom is 0.255 e. The SMILES string of the molecule is CC1=C(C(=O)Nc2ccc3[nH]ncc3c2)C(c2ccc(F)cc2)n2nc(C)cc2N1. The first-order chi connectivity index (χ1) is 14.5. The Hall–Kier alpha value is -3.94. The van der Waals surface area contributed by atoms with Gasteiger partial charge in [0.2, 0.25) is 0 Å². The average Bonchev–Trinajstić information content (AvgIpc) is 3.32. The van der Waals surface area contributed by atoms with E-state index < -0.39 is 6.04 Å². The largest absolute Gasteiger partial charge is 0.344 e. The zero-order valence-corrected chi connectivity index (χ0v) is 16.4. The summed E-state index contributed by atoms with van der Waals surface area (Å²) >= 11 is 0. The van der Waals surface area contributed by atoms with Crippen LogP contribution >= 0.6 is 0 Å². The number of hydrogen-bond donors (Lipinski definition) is 3. The number of carbonyl (C=O) groups excluding carboxylic acids is 1. The summed E-state index contributed by atoms with van der Waals surface area (Å²) in [6, 6.07) is 13.1.